The van der Waals surface area contributed by atoms with Crippen molar-refractivity contribution in [3.8, 4) is 0 Å². The number of rotatable bonds is 7. The van der Waals surface area contributed by atoms with Crippen LogP contribution < -0.4 is 0 Å². The Bertz CT molecular complexity index is 635. The maximum absolute atomic E-state index is 10.0. The van der Waals surface area contributed by atoms with Crippen molar-refractivity contribution in [1.82, 2.24) is 0 Å². The van der Waals surface area contributed by atoms with Crippen LogP contribution in [0.25, 0.3) is 0 Å². The summed E-state index contributed by atoms with van der Waals surface area (Å²) in [6.07, 6.45) is 19.9. The van der Waals surface area contributed by atoms with Gasteiger partial charge in [0.05, 0.1) is 11.7 Å². The minimum Gasteiger partial charge on any atom is -0.390 e. The first-order chi connectivity index (χ1) is 13.7. The Balaban J connectivity index is 1.55. The highest BCUT2D eigenvalue weighted by Gasteiger charge is 2.48. The molecule has 0 saturated heterocycles. The van der Waals surface area contributed by atoms with Gasteiger partial charge in [-0.2, -0.15) is 0 Å². The molecule has 2 unspecified atom stereocenters. The van der Waals surface area contributed by atoms with E-state index in [1.54, 1.807) is 5.57 Å². The Kier molecular flexibility index (Phi) is 7.49. The Morgan fingerprint density at radius 3 is 2.66 bits per heavy atom. The molecular formula is C27H44O2. The van der Waals surface area contributed by atoms with Crippen LogP contribution in [0.3, 0.4) is 0 Å². The molecule has 3 aliphatic carbocycles. The van der Waals surface area contributed by atoms with Gasteiger partial charge in [0.15, 0.2) is 0 Å². The van der Waals surface area contributed by atoms with Crippen LogP contribution in [0.1, 0.15) is 104 Å². The summed E-state index contributed by atoms with van der Waals surface area (Å²) in [5.74, 6) is 1.64. The minimum atomic E-state index is -0.515. The number of fused-ring (bicyclic) bond motifs is 1. The Morgan fingerprint density at radius 1 is 1.14 bits per heavy atom. The van der Waals surface area contributed by atoms with Gasteiger partial charge < -0.3 is 10.2 Å². The average Bonchev–Trinajstić information content (AvgIpc) is 2.98. The largest absolute Gasteiger partial charge is 0.390 e. The van der Waals surface area contributed by atoms with Crippen molar-refractivity contribution >= 4 is 0 Å². The molecule has 0 spiro atoms. The number of allylic oxidation sites excluding steroid dienone is 3. The lowest BCUT2D eigenvalue weighted by molar-refractivity contribution is 0.0659. The highest BCUT2D eigenvalue weighted by Crippen LogP contribution is 2.58. The smallest absolute Gasteiger partial charge is 0.0784 e. The van der Waals surface area contributed by atoms with E-state index in [1.807, 2.05) is 13.8 Å². The van der Waals surface area contributed by atoms with E-state index in [1.165, 1.54) is 50.5 Å². The molecule has 2 N–H and O–H groups in total. The second-order valence-corrected chi connectivity index (χ2v) is 11.0. The molecule has 164 valence electrons. The monoisotopic (exact) mass is 400 g/mol. The van der Waals surface area contributed by atoms with Gasteiger partial charge >= 0.3 is 0 Å². The molecule has 0 bridgehead atoms. The lowest BCUT2D eigenvalue weighted by Gasteiger charge is -2.42. The van der Waals surface area contributed by atoms with Gasteiger partial charge in [0, 0.05) is 0 Å². The van der Waals surface area contributed by atoms with E-state index >= 15 is 0 Å². The minimum absolute atomic E-state index is 0.326. The molecule has 0 heterocycles. The molecule has 0 amide bonds. The molecular weight excluding hydrogens is 356 g/mol. The van der Waals surface area contributed by atoms with E-state index in [2.05, 4.69) is 25.7 Å². The van der Waals surface area contributed by atoms with Crippen LogP contribution in [0.2, 0.25) is 0 Å². The Labute approximate surface area is 179 Å². The summed E-state index contributed by atoms with van der Waals surface area (Å²) in [4.78, 5) is 0. The fourth-order valence-electron chi connectivity index (χ4n) is 6.36. The quantitative estimate of drug-likeness (QED) is 0.361. The molecule has 0 aromatic carbocycles. The molecule has 2 heteroatoms. The van der Waals surface area contributed by atoms with Crippen molar-refractivity contribution in [2.75, 3.05) is 0 Å². The van der Waals surface area contributed by atoms with Crippen LogP contribution in [0.4, 0.5) is 0 Å². The van der Waals surface area contributed by atoms with Crippen molar-refractivity contribution in [1.29, 1.82) is 0 Å². The Morgan fingerprint density at radius 2 is 1.93 bits per heavy atom. The standard InChI is InChI=1S/C27H44O2/c1-20-13-14-21(19-25(20)28)9-7-10-22-11-8-18-27(4)23(15-16-24(22)27)12-5-6-17-26(2,3)29/h9-10,23-25,28-29H,1,5-8,11-19H2,2-4H3/b21-9+,22-10+/t23?,24?,25-,27-/m1/s1. The van der Waals surface area contributed by atoms with Gasteiger partial charge in [-0.25, -0.2) is 0 Å². The van der Waals surface area contributed by atoms with Crippen molar-refractivity contribution in [2.24, 2.45) is 17.3 Å². The van der Waals surface area contributed by atoms with Gasteiger partial charge in [0.25, 0.3) is 0 Å². The molecule has 3 fully saturated rings. The molecule has 4 atom stereocenters. The summed E-state index contributed by atoms with van der Waals surface area (Å²) >= 11 is 0. The van der Waals surface area contributed by atoms with Gasteiger partial charge in [-0.3, -0.25) is 0 Å². The second-order valence-electron chi connectivity index (χ2n) is 11.0. The third-order valence-corrected chi connectivity index (χ3v) is 8.23. The highest BCUT2D eigenvalue weighted by molar-refractivity contribution is 5.22. The zero-order valence-electron chi connectivity index (χ0n) is 19.2. The molecule has 0 aliphatic heterocycles. The predicted octanol–water partition coefficient (Wildman–Crippen LogP) is 6.88. The molecule has 2 nitrogen and oxygen atoms in total. The highest BCUT2D eigenvalue weighted by atomic mass is 16.3. The van der Waals surface area contributed by atoms with Crippen LogP contribution in [0.5, 0.6) is 0 Å². The normalized spacial score (nSPS) is 36.0. The number of aliphatic hydroxyl groups is 2. The van der Waals surface area contributed by atoms with Gasteiger partial charge in [0.2, 0.25) is 0 Å². The van der Waals surface area contributed by atoms with Crippen LogP contribution in [0.15, 0.2) is 35.5 Å². The molecule has 0 aromatic rings. The summed E-state index contributed by atoms with van der Waals surface area (Å²) in [6.45, 7) is 10.4. The third-order valence-electron chi connectivity index (χ3n) is 8.23. The first kappa shape index (κ1) is 22.8. The van der Waals surface area contributed by atoms with E-state index in [9.17, 15) is 10.2 Å². The van der Waals surface area contributed by atoms with Crippen molar-refractivity contribution in [2.45, 2.75) is 116 Å². The first-order valence-corrected chi connectivity index (χ1v) is 12.1. The molecule has 0 aromatic heterocycles. The van der Waals surface area contributed by atoms with Crippen LogP contribution >= 0.6 is 0 Å². The molecule has 3 aliphatic rings. The summed E-state index contributed by atoms with van der Waals surface area (Å²) in [6, 6.07) is 0. The van der Waals surface area contributed by atoms with Crippen LogP contribution in [-0.2, 0) is 0 Å². The van der Waals surface area contributed by atoms with Crippen molar-refractivity contribution in [3.05, 3.63) is 35.5 Å². The summed E-state index contributed by atoms with van der Waals surface area (Å²) < 4.78 is 0. The van der Waals surface area contributed by atoms with E-state index in [-0.39, 0.29) is 6.10 Å². The number of aliphatic hydroxyl groups excluding tert-OH is 1. The van der Waals surface area contributed by atoms with Crippen LogP contribution in [-0.4, -0.2) is 21.9 Å². The van der Waals surface area contributed by atoms with E-state index in [0.717, 1.165) is 55.9 Å². The SMILES string of the molecule is C=C1CC/C(=C\C/C=C2\CCC[C@]3(C)C(CCCCC(C)(C)O)CCC23)C[C@H]1O. The molecule has 0 radical (unpaired) electrons. The summed E-state index contributed by atoms with van der Waals surface area (Å²) in [5, 5.41) is 20.0. The topological polar surface area (TPSA) is 40.5 Å². The molecule has 29 heavy (non-hydrogen) atoms. The van der Waals surface area contributed by atoms with Gasteiger partial charge in [-0.05, 0) is 107 Å². The van der Waals surface area contributed by atoms with E-state index < -0.39 is 5.60 Å². The number of unbranched alkanes of at least 4 members (excludes halogenated alkanes) is 1. The number of hydrogen-bond acceptors (Lipinski definition) is 2. The lowest BCUT2D eigenvalue weighted by Crippen LogP contribution is -2.33. The average molecular weight is 401 g/mol. The maximum Gasteiger partial charge on any atom is 0.0784 e. The van der Waals surface area contributed by atoms with Gasteiger partial charge in [0.1, 0.15) is 0 Å². The number of hydrogen-bond donors (Lipinski definition) is 2. The Hall–Kier alpha value is -0.860. The van der Waals surface area contributed by atoms with Crippen molar-refractivity contribution < 1.29 is 10.2 Å². The zero-order valence-corrected chi connectivity index (χ0v) is 19.2. The van der Waals surface area contributed by atoms with Crippen LogP contribution in [0, 0.1) is 17.3 Å². The lowest BCUT2D eigenvalue weighted by atomic mass is 9.62. The maximum atomic E-state index is 10.0. The van der Waals surface area contributed by atoms with E-state index in [0.29, 0.717) is 5.41 Å². The van der Waals surface area contributed by atoms with E-state index in [4.69, 9.17) is 0 Å². The third kappa shape index (κ3) is 5.85. The van der Waals surface area contributed by atoms with Gasteiger partial charge in [-0.1, -0.05) is 49.6 Å². The summed E-state index contributed by atoms with van der Waals surface area (Å²) in [5.41, 5.74) is 4.11. The van der Waals surface area contributed by atoms with Gasteiger partial charge in [-0.15, -0.1) is 0 Å². The fraction of sp³-hybridized carbons (Fsp3) is 0.778. The zero-order chi connectivity index (χ0) is 21.1. The van der Waals surface area contributed by atoms with Crippen molar-refractivity contribution in [3.63, 3.8) is 0 Å². The summed E-state index contributed by atoms with van der Waals surface area (Å²) in [7, 11) is 0. The molecule has 3 rings (SSSR count). The predicted molar refractivity (Wildman–Crippen MR) is 123 cm³/mol. The fourth-order valence-corrected chi connectivity index (χ4v) is 6.36. The molecule has 3 saturated carbocycles. The second kappa shape index (κ2) is 9.52. The first-order valence-electron chi connectivity index (χ1n) is 12.1.